The summed E-state index contributed by atoms with van der Waals surface area (Å²) in [6, 6.07) is -0.108. The number of rotatable bonds is 4. The summed E-state index contributed by atoms with van der Waals surface area (Å²) in [6.45, 7) is 1.05. The molecule has 120 valence electrons. The monoisotopic (exact) mass is 298 g/mol. The molecular weight excluding hydrogens is 272 g/mol. The number of carboxylic acids is 1. The Bertz CT molecular complexity index is 380. The first-order valence-corrected chi connectivity index (χ1v) is 7.90. The molecule has 0 aromatic heterocycles. The summed E-state index contributed by atoms with van der Waals surface area (Å²) in [6.07, 6.45) is 5.77. The molecule has 0 radical (unpaired) electrons. The molecule has 2 aliphatic rings. The summed E-state index contributed by atoms with van der Waals surface area (Å²) in [5, 5.41) is 12.3. The number of hydrogen-bond acceptors (Lipinski definition) is 4. The van der Waals surface area contributed by atoms with Crippen LogP contribution in [0.1, 0.15) is 44.9 Å². The SMILES string of the molecule is NC1CCCCCC1C(=O)NCC1(C(=O)O)CCOCC1. The number of nitrogens with one attached hydrogen (secondary N) is 1. The third-order valence-electron chi connectivity index (χ3n) is 4.91. The predicted molar refractivity (Wildman–Crippen MR) is 77.7 cm³/mol. The zero-order chi connectivity index (χ0) is 15.3. The van der Waals surface area contributed by atoms with Crippen molar-refractivity contribution in [1.82, 2.24) is 5.32 Å². The maximum Gasteiger partial charge on any atom is 0.311 e. The number of aliphatic carboxylic acids is 1. The molecule has 0 spiro atoms. The Morgan fingerprint density at radius 2 is 1.86 bits per heavy atom. The molecule has 0 aromatic carbocycles. The minimum Gasteiger partial charge on any atom is -0.481 e. The van der Waals surface area contributed by atoms with Crippen LogP contribution in [0.3, 0.4) is 0 Å². The molecule has 1 amide bonds. The lowest BCUT2D eigenvalue weighted by Crippen LogP contribution is -2.49. The summed E-state index contributed by atoms with van der Waals surface area (Å²) in [7, 11) is 0. The van der Waals surface area contributed by atoms with Crippen molar-refractivity contribution in [2.75, 3.05) is 19.8 Å². The molecule has 21 heavy (non-hydrogen) atoms. The molecule has 0 bridgehead atoms. The molecule has 1 saturated carbocycles. The molecular formula is C15H26N2O4. The van der Waals surface area contributed by atoms with Gasteiger partial charge in [0.15, 0.2) is 0 Å². The van der Waals surface area contributed by atoms with Crippen LogP contribution in [0.15, 0.2) is 0 Å². The molecule has 0 aromatic rings. The average molecular weight is 298 g/mol. The molecule has 2 rings (SSSR count). The van der Waals surface area contributed by atoms with Gasteiger partial charge in [-0.25, -0.2) is 0 Å². The fourth-order valence-electron chi connectivity index (χ4n) is 3.28. The van der Waals surface area contributed by atoms with Crippen molar-refractivity contribution in [3.05, 3.63) is 0 Å². The summed E-state index contributed by atoms with van der Waals surface area (Å²) in [5.41, 5.74) is 5.20. The highest BCUT2D eigenvalue weighted by atomic mass is 16.5. The van der Waals surface area contributed by atoms with Crippen molar-refractivity contribution in [2.24, 2.45) is 17.1 Å². The molecule has 2 fully saturated rings. The van der Waals surface area contributed by atoms with E-state index in [1.165, 1.54) is 0 Å². The van der Waals surface area contributed by atoms with E-state index >= 15 is 0 Å². The molecule has 1 saturated heterocycles. The maximum absolute atomic E-state index is 12.4. The van der Waals surface area contributed by atoms with Crippen LogP contribution in [0.4, 0.5) is 0 Å². The minimum absolute atomic E-state index is 0.0866. The molecule has 1 heterocycles. The van der Waals surface area contributed by atoms with Crippen molar-refractivity contribution in [3.63, 3.8) is 0 Å². The van der Waals surface area contributed by atoms with Gasteiger partial charge in [-0.15, -0.1) is 0 Å². The third kappa shape index (κ3) is 3.95. The Hall–Kier alpha value is -1.14. The maximum atomic E-state index is 12.4. The quantitative estimate of drug-likeness (QED) is 0.669. The molecule has 6 nitrogen and oxygen atoms in total. The van der Waals surface area contributed by atoms with Crippen LogP contribution in [0.25, 0.3) is 0 Å². The highest BCUT2D eigenvalue weighted by Crippen LogP contribution is 2.30. The van der Waals surface area contributed by atoms with Gasteiger partial charge in [-0.2, -0.15) is 0 Å². The Morgan fingerprint density at radius 1 is 1.19 bits per heavy atom. The number of carbonyl (C=O) groups excluding carboxylic acids is 1. The van der Waals surface area contributed by atoms with E-state index in [2.05, 4.69) is 5.32 Å². The van der Waals surface area contributed by atoms with Gasteiger partial charge in [-0.05, 0) is 25.7 Å². The molecule has 2 atom stereocenters. The van der Waals surface area contributed by atoms with Crippen molar-refractivity contribution in [3.8, 4) is 0 Å². The summed E-state index contributed by atoms with van der Waals surface area (Å²) in [5.74, 6) is -1.12. The second-order valence-electron chi connectivity index (χ2n) is 6.32. The summed E-state index contributed by atoms with van der Waals surface area (Å²) >= 11 is 0. The van der Waals surface area contributed by atoms with Gasteiger partial charge in [0.25, 0.3) is 0 Å². The number of hydrogen-bond donors (Lipinski definition) is 3. The lowest BCUT2D eigenvalue weighted by atomic mass is 9.80. The van der Waals surface area contributed by atoms with Gasteiger partial charge in [0.2, 0.25) is 5.91 Å². The summed E-state index contributed by atoms with van der Waals surface area (Å²) < 4.78 is 5.24. The third-order valence-corrected chi connectivity index (χ3v) is 4.91. The lowest BCUT2D eigenvalue weighted by Gasteiger charge is -2.33. The first-order chi connectivity index (χ1) is 10.1. The predicted octanol–water partition coefficient (Wildman–Crippen LogP) is 0.892. The number of amides is 1. The average Bonchev–Trinajstić information content (AvgIpc) is 2.70. The zero-order valence-electron chi connectivity index (χ0n) is 12.5. The van der Waals surface area contributed by atoms with E-state index < -0.39 is 11.4 Å². The zero-order valence-corrected chi connectivity index (χ0v) is 12.5. The number of carboxylic acid groups (broad SMARTS) is 1. The minimum atomic E-state index is -0.886. The Morgan fingerprint density at radius 3 is 2.52 bits per heavy atom. The van der Waals surface area contributed by atoms with Crippen molar-refractivity contribution in [1.29, 1.82) is 0 Å². The van der Waals surface area contributed by atoms with Crippen LogP contribution in [0.5, 0.6) is 0 Å². The van der Waals surface area contributed by atoms with Gasteiger partial charge in [0.1, 0.15) is 0 Å². The number of ether oxygens (including phenoxy) is 1. The number of carbonyl (C=O) groups is 2. The van der Waals surface area contributed by atoms with Crippen molar-refractivity contribution in [2.45, 2.75) is 51.0 Å². The van der Waals surface area contributed by atoms with Crippen molar-refractivity contribution < 1.29 is 19.4 Å². The van der Waals surface area contributed by atoms with Gasteiger partial charge in [-0.1, -0.05) is 19.3 Å². The standard InChI is InChI=1S/C15H26N2O4/c16-12-5-3-1-2-4-11(12)13(18)17-10-15(14(19)20)6-8-21-9-7-15/h11-12H,1-10,16H2,(H,17,18)(H,19,20). The van der Waals surface area contributed by atoms with Gasteiger partial charge < -0.3 is 20.9 Å². The topological polar surface area (TPSA) is 102 Å². The van der Waals surface area contributed by atoms with Crippen LogP contribution in [0.2, 0.25) is 0 Å². The van der Waals surface area contributed by atoms with Crippen LogP contribution >= 0.6 is 0 Å². The highest BCUT2D eigenvalue weighted by Gasteiger charge is 2.41. The summed E-state index contributed by atoms with van der Waals surface area (Å²) in [4.78, 5) is 23.9. The van der Waals surface area contributed by atoms with E-state index in [1.807, 2.05) is 0 Å². The van der Waals surface area contributed by atoms with E-state index in [1.54, 1.807) is 0 Å². The molecule has 1 aliphatic heterocycles. The van der Waals surface area contributed by atoms with E-state index in [4.69, 9.17) is 10.5 Å². The van der Waals surface area contributed by atoms with E-state index in [9.17, 15) is 14.7 Å². The van der Waals surface area contributed by atoms with Crippen molar-refractivity contribution >= 4 is 11.9 Å². The van der Waals surface area contributed by atoms with Gasteiger partial charge in [-0.3, -0.25) is 9.59 Å². The second-order valence-corrected chi connectivity index (χ2v) is 6.32. The Balaban J connectivity index is 1.93. The first-order valence-electron chi connectivity index (χ1n) is 7.90. The van der Waals surface area contributed by atoms with E-state index in [-0.39, 0.29) is 24.4 Å². The molecule has 4 N–H and O–H groups in total. The smallest absolute Gasteiger partial charge is 0.311 e. The lowest BCUT2D eigenvalue weighted by molar-refractivity contribution is -0.154. The first kappa shape index (κ1) is 16.2. The number of nitrogens with two attached hydrogens (primary N) is 1. The Kier molecular flexibility index (Phi) is 5.58. The van der Waals surface area contributed by atoms with Crippen LogP contribution in [-0.4, -0.2) is 42.8 Å². The molecule has 1 aliphatic carbocycles. The fourth-order valence-corrected chi connectivity index (χ4v) is 3.28. The van der Waals surface area contributed by atoms with Crippen LogP contribution in [-0.2, 0) is 14.3 Å². The van der Waals surface area contributed by atoms with E-state index in [0.29, 0.717) is 26.1 Å². The van der Waals surface area contributed by atoms with E-state index in [0.717, 1.165) is 32.1 Å². The van der Waals surface area contributed by atoms with Gasteiger partial charge in [0.05, 0.1) is 11.3 Å². The molecule has 2 unspecified atom stereocenters. The normalized spacial score (nSPS) is 29.4. The highest BCUT2D eigenvalue weighted by molar-refractivity contribution is 5.81. The second kappa shape index (κ2) is 7.22. The van der Waals surface area contributed by atoms with Gasteiger partial charge >= 0.3 is 5.97 Å². The van der Waals surface area contributed by atoms with Crippen LogP contribution in [0, 0.1) is 11.3 Å². The van der Waals surface area contributed by atoms with Crippen LogP contribution < -0.4 is 11.1 Å². The Labute approximate surface area is 125 Å². The molecule has 6 heteroatoms. The largest absolute Gasteiger partial charge is 0.481 e. The fraction of sp³-hybridized carbons (Fsp3) is 0.867. The van der Waals surface area contributed by atoms with Gasteiger partial charge in [0, 0.05) is 25.8 Å².